The van der Waals surface area contributed by atoms with Crippen LogP contribution < -0.4 is 24.6 Å². The zero-order chi connectivity index (χ0) is 32.4. The van der Waals surface area contributed by atoms with E-state index >= 15 is 0 Å². The van der Waals surface area contributed by atoms with E-state index in [0.717, 1.165) is 27.5 Å². The van der Waals surface area contributed by atoms with E-state index in [4.69, 9.17) is 9.47 Å². The number of nitrogens with one attached hydrogen (secondary N) is 2. The number of anilines is 2. The third kappa shape index (κ3) is 4.98. The minimum Gasteiger partial charge on any atom is -0.490 e. The highest BCUT2D eigenvalue weighted by Crippen LogP contribution is 2.68. The fraction of sp³-hybridized carbons (Fsp3) is 0.333. The Hall–Kier alpha value is -4.35. The van der Waals surface area contributed by atoms with Crippen LogP contribution in [0.15, 0.2) is 82.6 Å². The van der Waals surface area contributed by atoms with E-state index in [1.54, 1.807) is 11.8 Å². The van der Waals surface area contributed by atoms with Gasteiger partial charge < -0.3 is 19.8 Å². The van der Waals surface area contributed by atoms with Crippen molar-refractivity contribution in [2.24, 2.45) is 29.6 Å². The molecule has 3 amide bonds. The molecule has 2 bridgehead atoms. The van der Waals surface area contributed by atoms with Gasteiger partial charge in [0.25, 0.3) is 5.91 Å². The van der Waals surface area contributed by atoms with Gasteiger partial charge in [0.2, 0.25) is 11.8 Å². The summed E-state index contributed by atoms with van der Waals surface area (Å²) in [6.07, 6.45) is 0.809. The number of carbonyl (C=O) groups excluding carboxylic acids is 3. The summed E-state index contributed by atoms with van der Waals surface area (Å²) in [5.41, 5.74) is 3.37. The number of hydrogen-bond donors (Lipinski definition) is 2. The number of benzene rings is 3. The fourth-order valence-corrected chi connectivity index (χ4v) is 11.2. The van der Waals surface area contributed by atoms with E-state index in [-0.39, 0.29) is 70.0 Å². The molecule has 2 saturated carbocycles. The van der Waals surface area contributed by atoms with Crippen LogP contribution in [0.2, 0.25) is 0 Å². The normalized spacial score (nSPS) is 26.9. The molecule has 2 N–H and O–H groups in total. The second-order valence-electron chi connectivity index (χ2n) is 12.6. The number of fused-ring (bicyclic) bond motifs is 9. The molecular weight excluding hydrogens is 635 g/mol. The molecule has 4 aliphatic rings. The first-order valence-corrected chi connectivity index (χ1v) is 17.6. The lowest BCUT2D eigenvalue weighted by atomic mass is 9.68. The maximum atomic E-state index is 14.0. The largest absolute Gasteiger partial charge is 0.490 e. The maximum absolute atomic E-state index is 14.0. The SMILES string of the molecule is CCOc1cc([C@@H]2c3sc(=O)[nH]c3S[C@@H]3[C@@H]4C[C@@H]([C@@H]5C(=O)N(c6ccccc6)C(=O)[C@@H]45)[C@H]23)ccc1OCC(=O)Nc1ccc(C)cc1. The Balaban J connectivity index is 1.10. The van der Waals surface area contributed by atoms with E-state index in [0.29, 0.717) is 29.5 Å². The number of nitrogens with zero attached hydrogens (tertiary/aromatic N) is 1. The molecule has 1 saturated heterocycles. The molecule has 3 aromatic carbocycles. The molecule has 9 nitrogen and oxygen atoms in total. The number of ether oxygens (including phenoxy) is 2. The molecule has 4 aromatic rings. The summed E-state index contributed by atoms with van der Waals surface area (Å²) in [5, 5.41) is 3.78. The van der Waals surface area contributed by atoms with Crippen LogP contribution in [0, 0.1) is 36.5 Å². The van der Waals surface area contributed by atoms with Crippen LogP contribution in [0.1, 0.15) is 35.3 Å². The first kappa shape index (κ1) is 30.0. The number of rotatable bonds is 8. The lowest BCUT2D eigenvalue weighted by molar-refractivity contribution is -0.123. The Kier molecular flexibility index (Phi) is 7.48. The molecule has 47 heavy (non-hydrogen) atoms. The summed E-state index contributed by atoms with van der Waals surface area (Å²) in [6, 6.07) is 22.5. The van der Waals surface area contributed by atoms with Gasteiger partial charge in [-0.1, -0.05) is 53.3 Å². The Labute approximate surface area is 279 Å². The number of aryl methyl sites for hydroxylation is 1. The van der Waals surface area contributed by atoms with Crippen molar-refractivity contribution in [2.45, 2.75) is 36.5 Å². The molecule has 3 fully saturated rings. The minimum atomic E-state index is -0.379. The number of para-hydroxylation sites is 1. The van der Waals surface area contributed by atoms with Crippen molar-refractivity contribution in [3.05, 3.63) is 98.5 Å². The zero-order valence-electron chi connectivity index (χ0n) is 25.8. The highest BCUT2D eigenvalue weighted by molar-refractivity contribution is 8.00. The average molecular weight is 668 g/mol. The number of H-pyrrole nitrogens is 1. The molecule has 240 valence electrons. The smallest absolute Gasteiger partial charge is 0.305 e. The molecule has 0 spiro atoms. The predicted octanol–water partition coefficient (Wildman–Crippen LogP) is 5.84. The number of carbonyl (C=O) groups is 3. The van der Waals surface area contributed by atoms with Crippen LogP contribution >= 0.6 is 23.1 Å². The second-order valence-corrected chi connectivity index (χ2v) is 14.9. The van der Waals surface area contributed by atoms with Crippen LogP contribution in [-0.2, 0) is 14.4 Å². The van der Waals surface area contributed by atoms with Gasteiger partial charge in [0.05, 0.1) is 29.2 Å². The van der Waals surface area contributed by atoms with Gasteiger partial charge in [-0.15, -0.1) is 11.8 Å². The predicted molar refractivity (Wildman–Crippen MR) is 180 cm³/mol. The molecule has 0 radical (unpaired) electrons. The number of aromatic amines is 1. The molecular formula is C36H33N3O6S2. The standard InChI is InChI=1S/C36H33N3O6S2/c1-3-44-25-15-19(11-14-24(25)45-17-26(40)37-20-12-9-18(2)10-13-20)27-28-22-16-23(31(28)46-33-32(27)47-36(43)38-33)30-29(22)34(41)39(35(30)42)21-7-5-4-6-8-21/h4-15,22-23,27-31H,3,16-17H2,1-2H3,(H,37,40)(H,38,43)/t22-,23-,27+,28-,29+,30+,31-/m1/s1. The van der Waals surface area contributed by atoms with Crippen molar-refractivity contribution >= 4 is 52.2 Å². The van der Waals surface area contributed by atoms with E-state index in [1.165, 1.54) is 16.2 Å². The fourth-order valence-electron chi connectivity index (χ4n) is 8.30. The Morgan fingerprint density at radius 2 is 1.68 bits per heavy atom. The summed E-state index contributed by atoms with van der Waals surface area (Å²) in [6.45, 7) is 4.08. The minimum absolute atomic E-state index is 0.0000424. The van der Waals surface area contributed by atoms with Gasteiger partial charge in [-0.05, 0) is 80.0 Å². The third-order valence-corrected chi connectivity index (χ3v) is 12.6. The third-order valence-electron chi connectivity index (χ3n) is 10.1. The number of thioether (sulfide) groups is 1. The molecule has 1 aromatic heterocycles. The van der Waals surface area contributed by atoms with Crippen molar-refractivity contribution in [1.29, 1.82) is 0 Å². The lowest BCUT2D eigenvalue weighted by Gasteiger charge is -2.43. The van der Waals surface area contributed by atoms with Gasteiger partial charge in [0.1, 0.15) is 0 Å². The average Bonchev–Trinajstić information content (AvgIpc) is 3.80. The van der Waals surface area contributed by atoms with Gasteiger partial charge in [-0.2, -0.15) is 0 Å². The van der Waals surface area contributed by atoms with Crippen LogP contribution in [0.3, 0.4) is 0 Å². The Morgan fingerprint density at radius 1 is 0.936 bits per heavy atom. The van der Waals surface area contributed by atoms with Crippen molar-refractivity contribution in [2.75, 3.05) is 23.4 Å². The molecule has 2 aliphatic carbocycles. The number of aromatic nitrogens is 1. The number of amides is 3. The number of thiazole rings is 1. The Morgan fingerprint density at radius 3 is 2.43 bits per heavy atom. The Bertz CT molecular complexity index is 1940. The van der Waals surface area contributed by atoms with Crippen LogP contribution in [0.25, 0.3) is 0 Å². The topological polar surface area (TPSA) is 118 Å². The van der Waals surface area contributed by atoms with Gasteiger partial charge in [0.15, 0.2) is 18.1 Å². The van der Waals surface area contributed by atoms with Crippen molar-refractivity contribution in [3.8, 4) is 11.5 Å². The number of hydrogen-bond acceptors (Lipinski definition) is 8. The summed E-state index contributed by atoms with van der Waals surface area (Å²) in [4.78, 5) is 58.5. The summed E-state index contributed by atoms with van der Waals surface area (Å²) >= 11 is 2.88. The van der Waals surface area contributed by atoms with Gasteiger partial charge in [0, 0.05) is 21.7 Å². The molecule has 2 aliphatic heterocycles. The monoisotopic (exact) mass is 667 g/mol. The molecule has 0 unspecified atom stereocenters. The van der Waals surface area contributed by atoms with Gasteiger partial charge >= 0.3 is 4.87 Å². The molecule has 3 heterocycles. The summed E-state index contributed by atoms with van der Waals surface area (Å²) in [7, 11) is 0. The first-order valence-electron chi connectivity index (χ1n) is 15.9. The molecule has 11 heteroatoms. The maximum Gasteiger partial charge on any atom is 0.305 e. The lowest BCUT2D eigenvalue weighted by Crippen LogP contribution is -2.42. The van der Waals surface area contributed by atoms with Gasteiger partial charge in [-0.3, -0.25) is 24.1 Å². The first-order chi connectivity index (χ1) is 22.8. The van der Waals surface area contributed by atoms with Crippen LogP contribution in [0.4, 0.5) is 11.4 Å². The molecule has 7 atom stereocenters. The summed E-state index contributed by atoms with van der Waals surface area (Å²) in [5.74, 6) is -0.358. The van der Waals surface area contributed by atoms with Gasteiger partial charge in [-0.25, -0.2) is 0 Å². The van der Waals surface area contributed by atoms with Crippen LogP contribution in [-0.4, -0.2) is 41.2 Å². The molecule has 8 rings (SSSR count). The number of imide groups is 1. The van der Waals surface area contributed by atoms with E-state index in [9.17, 15) is 19.2 Å². The quantitative estimate of drug-likeness (QED) is 0.227. The van der Waals surface area contributed by atoms with Crippen LogP contribution in [0.5, 0.6) is 11.5 Å². The highest BCUT2D eigenvalue weighted by Gasteiger charge is 2.69. The van der Waals surface area contributed by atoms with Crippen molar-refractivity contribution in [3.63, 3.8) is 0 Å². The zero-order valence-corrected chi connectivity index (χ0v) is 27.4. The highest BCUT2D eigenvalue weighted by atomic mass is 32.2. The second kappa shape index (κ2) is 11.7. The van der Waals surface area contributed by atoms with E-state index in [2.05, 4.69) is 10.3 Å². The van der Waals surface area contributed by atoms with E-state index < -0.39 is 0 Å². The van der Waals surface area contributed by atoms with E-state index in [1.807, 2.05) is 86.6 Å². The summed E-state index contributed by atoms with van der Waals surface area (Å²) < 4.78 is 12.0. The van der Waals surface area contributed by atoms with Crippen molar-refractivity contribution < 1.29 is 23.9 Å². The van der Waals surface area contributed by atoms with Crippen molar-refractivity contribution in [1.82, 2.24) is 4.98 Å².